The van der Waals surface area contributed by atoms with Crippen LogP contribution in [0.3, 0.4) is 0 Å². The summed E-state index contributed by atoms with van der Waals surface area (Å²) in [6.07, 6.45) is 1.55. The van der Waals surface area contributed by atoms with Gasteiger partial charge in [-0.25, -0.2) is 8.78 Å². The first-order valence-electron chi connectivity index (χ1n) is 5.81. The Bertz CT molecular complexity index is 458. The summed E-state index contributed by atoms with van der Waals surface area (Å²) < 4.78 is 31.0. The minimum absolute atomic E-state index is 0.197. The van der Waals surface area contributed by atoms with E-state index >= 15 is 0 Å². The molecule has 5 heteroatoms. The zero-order chi connectivity index (χ0) is 13.2. The fourth-order valence-corrected chi connectivity index (χ4v) is 1.94. The predicted molar refractivity (Wildman–Crippen MR) is 61.7 cm³/mol. The van der Waals surface area contributed by atoms with Crippen LogP contribution >= 0.6 is 0 Å². The number of carbonyl (C=O) groups is 1. The van der Waals surface area contributed by atoms with Gasteiger partial charge in [-0.1, -0.05) is 12.1 Å². The summed E-state index contributed by atoms with van der Waals surface area (Å²) >= 11 is 0. The van der Waals surface area contributed by atoms with E-state index in [1.807, 2.05) is 0 Å². The summed E-state index contributed by atoms with van der Waals surface area (Å²) in [5.41, 5.74) is -0.200. The van der Waals surface area contributed by atoms with Gasteiger partial charge in [-0.2, -0.15) is 0 Å². The van der Waals surface area contributed by atoms with Gasteiger partial charge in [-0.05, 0) is 18.9 Å². The lowest BCUT2D eigenvalue weighted by Crippen LogP contribution is -2.31. The molecule has 0 radical (unpaired) electrons. The van der Waals surface area contributed by atoms with Crippen molar-refractivity contribution in [3.8, 4) is 0 Å². The van der Waals surface area contributed by atoms with E-state index in [0.29, 0.717) is 6.54 Å². The molecule has 0 amide bonds. The van der Waals surface area contributed by atoms with Crippen LogP contribution in [0.25, 0.3) is 0 Å². The van der Waals surface area contributed by atoms with Gasteiger partial charge in [0.05, 0.1) is 12.5 Å². The number of rotatable bonds is 5. The highest BCUT2D eigenvalue weighted by atomic mass is 19.2. The Kier molecular flexibility index (Phi) is 3.61. The monoisotopic (exact) mass is 255 g/mol. The molecule has 1 aromatic rings. The van der Waals surface area contributed by atoms with E-state index in [2.05, 4.69) is 5.32 Å². The van der Waals surface area contributed by atoms with E-state index in [0.717, 1.165) is 18.9 Å². The quantitative estimate of drug-likeness (QED) is 0.818. The molecule has 1 aromatic carbocycles. The van der Waals surface area contributed by atoms with E-state index in [9.17, 15) is 13.6 Å². The van der Waals surface area contributed by atoms with Crippen molar-refractivity contribution in [1.82, 2.24) is 5.32 Å². The smallest absolute Gasteiger partial charge is 0.313 e. The second-order valence-corrected chi connectivity index (χ2v) is 4.59. The molecule has 0 unspecified atom stereocenters. The van der Waals surface area contributed by atoms with Crippen LogP contribution < -0.4 is 5.32 Å². The number of nitrogens with one attached hydrogen (secondary N) is 1. The first-order valence-corrected chi connectivity index (χ1v) is 5.81. The average Bonchev–Trinajstić information content (AvgIpc) is 3.15. The molecule has 2 rings (SSSR count). The number of carbonyl (C=O) groups excluding carboxylic acids is 1. The first kappa shape index (κ1) is 13.0. The predicted octanol–water partition coefficient (Wildman–Crippen LogP) is 2.01. The molecule has 18 heavy (non-hydrogen) atoms. The number of hydrogen-bond donors (Lipinski definition) is 1. The third kappa shape index (κ3) is 2.51. The van der Waals surface area contributed by atoms with Crippen LogP contribution in [-0.4, -0.2) is 19.6 Å². The lowest BCUT2D eigenvalue weighted by atomic mass is 10.1. The normalized spacial score (nSPS) is 16.4. The molecule has 0 bridgehead atoms. The minimum atomic E-state index is -0.858. The molecule has 0 spiro atoms. The van der Waals surface area contributed by atoms with Gasteiger partial charge in [0.25, 0.3) is 0 Å². The Hall–Kier alpha value is -1.49. The largest absolute Gasteiger partial charge is 0.469 e. The molecule has 98 valence electrons. The SMILES string of the molecule is COC(=O)C1(CNCc2cccc(F)c2F)CC1. The molecule has 0 saturated heterocycles. The Morgan fingerprint density at radius 1 is 1.44 bits per heavy atom. The van der Waals surface area contributed by atoms with Crippen LogP contribution in [-0.2, 0) is 16.1 Å². The van der Waals surface area contributed by atoms with Gasteiger partial charge in [0.2, 0.25) is 0 Å². The number of hydrogen-bond acceptors (Lipinski definition) is 3. The molecule has 1 aliphatic carbocycles. The zero-order valence-electron chi connectivity index (χ0n) is 10.1. The van der Waals surface area contributed by atoms with E-state index in [1.165, 1.54) is 19.2 Å². The first-order chi connectivity index (χ1) is 8.59. The highest BCUT2D eigenvalue weighted by Crippen LogP contribution is 2.46. The molecular weight excluding hydrogens is 240 g/mol. The lowest BCUT2D eigenvalue weighted by Gasteiger charge is -2.13. The second kappa shape index (κ2) is 5.02. The molecular formula is C13H15F2NO2. The van der Waals surface area contributed by atoms with E-state index in [-0.39, 0.29) is 18.1 Å². The van der Waals surface area contributed by atoms with Gasteiger partial charge < -0.3 is 10.1 Å². The summed E-state index contributed by atoms with van der Waals surface area (Å²) in [7, 11) is 1.36. The van der Waals surface area contributed by atoms with Crippen LogP contribution in [0, 0.1) is 17.0 Å². The average molecular weight is 255 g/mol. The van der Waals surface area contributed by atoms with E-state index in [4.69, 9.17) is 4.74 Å². The molecule has 1 saturated carbocycles. The fraction of sp³-hybridized carbons (Fsp3) is 0.462. The zero-order valence-corrected chi connectivity index (χ0v) is 10.1. The maximum Gasteiger partial charge on any atom is 0.313 e. The number of halogens is 2. The molecule has 1 aliphatic rings. The van der Waals surface area contributed by atoms with E-state index < -0.39 is 17.0 Å². The fourth-order valence-electron chi connectivity index (χ4n) is 1.94. The summed E-state index contributed by atoms with van der Waals surface area (Å²) in [5.74, 6) is -1.94. The van der Waals surface area contributed by atoms with Crippen molar-refractivity contribution in [3.63, 3.8) is 0 Å². The van der Waals surface area contributed by atoms with Crippen molar-refractivity contribution in [3.05, 3.63) is 35.4 Å². The number of ether oxygens (including phenoxy) is 1. The van der Waals surface area contributed by atoms with Crippen LogP contribution in [0.15, 0.2) is 18.2 Å². The van der Waals surface area contributed by atoms with Gasteiger partial charge in [0, 0.05) is 18.7 Å². The number of benzene rings is 1. The Morgan fingerprint density at radius 3 is 2.78 bits per heavy atom. The van der Waals surface area contributed by atoms with Gasteiger partial charge in [0.15, 0.2) is 11.6 Å². The lowest BCUT2D eigenvalue weighted by molar-refractivity contribution is -0.146. The molecule has 1 N–H and O–H groups in total. The molecule has 0 aromatic heterocycles. The maximum absolute atomic E-state index is 13.4. The number of methoxy groups -OCH3 is 1. The van der Waals surface area contributed by atoms with Crippen molar-refractivity contribution in [2.75, 3.05) is 13.7 Å². The molecule has 1 fully saturated rings. The third-order valence-electron chi connectivity index (χ3n) is 3.28. The highest BCUT2D eigenvalue weighted by Gasteiger charge is 2.50. The van der Waals surface area contributed by atoms with Crippen LogP contribution in [0.1, 0.15) is 18.4 Å². The summed E-state index contributed by atoms with van der Waals surface area (Å²) in [6, 6.07) is 4.06. The topological polar surface area (TPSA) is 38.3 Å². The molecule has 0 atom stereocenters. The van der Waals surface area contributed by atoms with Crippen molar-refractivity contribution in [2.24, 2.45) is 5.41 Å². The minimum Gasteiger partial charge on any atom is -0.469 e. The second-order valence-electron chi connectivity index (χ2n) is 4.59. The molecule has 0 aliphatic heterocycles. The number of esters is 1. The highest BCUT2D eigenvalue weighted by molar-refractivity contribution is 5.80. The van der Waals surface area contributed by atoms with Crippen molar-refractivity contribution in [2.45, 2.75) is 19.4 Å². The van der Waals surface area contributed by atoms with Crippen LogP contribution in [0.5, 0.6) is 0 Å². The summed E-state index contributed by atoms with van der Waals surface area (Å²) in [4.78, 5) is 11.5. The standard InChI is InChI=1S/C13H15F2NO2/c1-18-12(17)13(5-6-13)8-16-7-9-3-2-4-10(14)11(9)15/h2-4,16H,5-8H2,1H3. The Balaban J connectivity index is 1.89. The summed E-state index contributed by atoms with van der Waals surface area (Å²) in [5, 5.41) is 2.98. The van der Waals surface area contributed by atoms with Gasteiger partial charge in [-0.15, -0.1) is 0 Å². The maximum atomic E-state index is 13.4. The Morgan fingerprint density at radius 2 is 2.17 bits per heavy atom. The Labute approximate surface area is 104 Å². The third-order valence-corrected chi connectivity index (χ3v) is 3.28. The molecule has 0 heterocycles. The van der Waals surface area contributed by atoms with E-state index in [1.54, 1.807) is 0 Å². The van der Waals surface area contributed by atoms with Crippen LogP contribution in [0.2, 0.25) is 0 Å². The van der Waals surface area contributed by atoms with Crippen molar-refractivity contribution >= 4 is 5.97 Å². The van der Waals surface area contributed by atoms with Gasteiger partial charge in [-0.3, -0.25) is 4.79 Å². The van der Waals surface area contributed by atoms with Crippen molar-refractivity contribution < 1.29 is 18.3 Å². The van der Waals surface area contributed by atoms with Crippen molar-refractivity contribution in [1.29, 1.82) is 0 Å². The van der Waals surface area contributed by atoms with Gasteiger partial charge in [0.1, 0.15) is 0 Å². The summed E-state index contributed by atoms with van der Waals surface area (Å²) in [6.45, 7) is 0.623. The van der Waals surface area contributed by atoms with Gasteiger partial charge >= 0.3 is 5.97 Å². The van der Waals surface area contributed by atoms with Crippen LogP contribution in [0.4, 0.5) is 8.78 Å². The molecule has 3 nitrogen and oxygen atoms in total.